The third-order valence-corrected chi connectivity index (χ3v) is 7.57. The Morgan fingerprint density at radius 1 is 0.742 bits per heavy atom. The van der Waals surface area contributed by atoms with Crippen molar-refractivity contribution in [3.05, 3.63) is 84.4 Å². The van der Waals surface area contributed by atoms with Crippen molar-refractivity contribution in [1.82, 2.24) is 4.31 Å². The highest BCUT2D eigenvalue weighted by molar-refractivity contribution is 7.92. The summed E-state index contributed by atoms with van der Waals surface area (Å²) in [5, 5.41) is 2.71. The summed E-state index contributed by atoms with van der Waals surface area (Å²) in [5.74, 6) is -0.475. The maximum absolute atomic E-state index is 12.8. The second-order valence-corrected chi connectivity index (χ2v) is 10.6. The molecule has 0 heterocycles. The number of hydrogen-bond donors (Lipinski definition) is 2. The fraction of sp³-hybridized carbons (Fsp3) is 0.0952. The molecule has 0 spiro atoms. The van der Waals surface area contributed by atoms with Gasteiger partial charge in [0.2, 0.25) is 10.0 Å². The molecule has 10 heteroatoms. The molecular formula is C21H21N3O5S2. The van der Waals surface area contributed by atoms with Gasteiger partial charge in [-0.15, -0.1) is 0 Å². The number of sulfonamides is 2. The van der Waals surface area contributed by atoms with Crippen LogP contribution in [-0.2, 0) is 20.0 Å². The Bertz CT molecular complexity index is 1290. The lowest BCUT2D eigenvalue weighted by atomic mass is 10.1. The molecule has 0 fully saturated rings. The zero-order valence-electron chi connectivity index (χ0n) is 16.8. The highest BCUT2D eigenvalue weighted by Gasteiger charge is 2.21. The zero-order chi connectivity index (χ0) is 22.6. The van der Waals surface area contributed by atoms with Crippen LogP contribution in [0.15, 0.2) is 88.7 Å². The normalized spacial score (nSPS) is 11.8. The van der Waals surface area contributed by atoms with Crippen molar-refractivity contribution in [3.63, 3.8) is 0 Å². The number of carbonyl (C=O) groups excluding carboxylic acids is 1. The molecule has 8 nitrogen and oxygen atoms in total. The van der Waals surface area contributed by atoms with E-state index in [-0.39, 0.29) is 21.0 Å². The fourth-order valence-electron chi connectivity index (χ4n) is 2.70. The maximum Gasteiger partial charge on any atom is 0.261 e. The van der Waals surface area contributed by atoms with E-state index in [1.54, 1.807) is 36.4 Å². The van der Waals surface area contributed by atoms with Crippen LogP contribution in [-0.4, -0.2) is 41.1 Å². The Labute approximate surface area is 181 Å². The molecule has 162 valence electrons. The largest absolute Gasteiger partial charge is 0.322 e. The Hall–Kier alpha value is -3.21. The number of nitrogens with one attached hydrogen (secondary N) is 2. The van der Waals surface area contributed by atoms with E-state index in [1.807, 2.05) is 6.07 Å². The van der Waals surface area contributed by atoms with Crippen molar-refractivity contribution in [2.75, 3.05) is 24.1 Å². The number of benzene rings is 3. The second kappa shape index (κ2) is 8.88. The highest BCUT2D eigenvalue weighted by Crippen LogP contribution is 2.23. The minimum Gasteiger partial charge on any atom is -0.322 e. The van der Waals surface area contributed by atoms with E-state index in [0.717, 1.165) is 4.31 Å². The summed E-state index contributed by atoms with van der Waals surface area (Å²) < 4.78 is 53.4. The van der Waals surface area contributed by atoms with Crippen molar-refractivity contribution in [1.29, 1.82) is 0 Å². The maximum atomic E-state index is 12.8. The van der Waals surface area contributed by atoms with Gasteiger partial charge in [-0.2, -0.15) is 0 Å². The van der Waals surface area contributed by atoms with E-state index in [9.17, 15) is 21.6 Å². The number of hydrogen-bond acceptors (Lipinski definition) is 5. The molecule has 0 aliphatic heterocycles. The SMILES string of the molecule is CN(C)S(=O)(=O)c1ccc(S(=O)(=O)Nc2ccccc2C(=O)Nc2ccccc2)cc1. The lowest BCUT2D eigenvalue weighted by molar-refractivity contribution is 0.102. The molecule has 3 aromatic rings. The average molecular weight is 460 g/mol. The summed E-state index contributed by atoms with van der Waals surface area (Å²) >= 11 is 0. The van der Waals surface area contributed by atoms with Gasteiger partial charge < -0.3 is 5.32 Å². The van der Waals surface area contributed by atoms with Gasteiger partial charge in [0.25, 0.3) is 15.9 Å². The number of anilines is 2. The molecule has 0 bridgehead atoms. The van der Waals surface area contributed by atoms with Crippen LogP contribution in [0, 0.1) is 0 Å². The van der Waals surface area contributed by atoms with Crippen LogP contribution in [0.5, 0.6) is 0 Å². The fourth-order valence-corrected chi connectivity index (χ4v) is 4.68. The zero-order valence-corrected chi connectivity index (χ0v) is 18.4. The van der Waals surface area contributed by atoms with Crippen LogP contribution in [0.3, 0.4) is 0 Å². The van der Waals surface area contributed by atoms with Gasteiger partial charge in [-0.05, 0) is 48.5 Å². The molecular weight excluding hydrogens is 438 g/mol. The van der Waals surface area contributed by atoms with Gasteiger partial charge in [-0.25, -0.2) is 21.1 Å². The summed E-state index contributed by atoms with van der Waals surface area (Å²) in [7, 11) is -4.97. The molecule has 0 saturated carbocycles. The summed E-state index contributed by atoms with van der Waals surface area (Å²) in [6.45, 7) is 0. The van der Waals surface area contributed by atoms with Gasteiger partial charge in [-0.3, -0.25) is 9.52 Å². The number of amides is 1. The third-order valence-electron chi connectivity index (χ3n) is 4.36. The average Bonchev–Trinajstić information content (AvgIpc) is 2.74. The first-order valence-electron chi connectivity index (χ1n) is 9.12. The Kier molecular flexibility index (Phi) is 6.44. The molecule has 3 aromatic carbocycles. The van der Waals surface area contributed by atoms with Gasteiger partial charge in [0, 0.05) is 19.8 Å². The minimum absolute atomic E-state index is 0.0286. The lowest BCUT2D eigenvalue weighted by Crippen LogP contribution is -2.22. The summed E-state index contributed by atoms with van der Waals surface area (Å²) in [4.78, 5) is 12.5. The van der Waals surface area contributed by atoms with E-state index in [1.165, 1.54) is 50.5 Å². The van der Waals surface area contributed by atoms with E-state index in [4.69, 9.17) is 0 Å². The van der Waals surface area contributed by atoms with Crippen LogP contribution in [0.25, 0.3) is 0 Å². The molecule has 3 rings (SSSR count). The quantitative estimate of drug-likeness (QED) is 0.564. The first-order chi connectivity index (χ1) is 14.6. The number of nitrogens with zero attached hydrogens (tertiary/aromatic N) is 1. The third kappa shape index (κ3) is 5.10. The number of para-hydroxylation sites is 2. The van der Waals surface area contributed by atoms with Gasteiger partial charge in [0.15, 0.2) is 0 Å². The Balaban J connectivity index is 1.86. The minimum atomic E-state index is -4.06. The molecule has 0 aliphatic carbocycles. The van der Waals surface area contributed by atoms with Crippen molar-refractivity contribution < 1.29 is 21.6 Å². The van der Waals surface area contributed by atoms with Crippen LogP contribution in [0.1, 0.15) is 10.4 Å². The number of rotatable bonds is 7. The Morgan fingerprint density at radius 2 is 1.29 bits per heavy atom. The van der Waals surface area contributed by atoms with Gasteiger partial charge >= 0.3 is 0 Å². The molecule has 0 aliphatic rings. The predicted octanol–water partition coefficient (Wildman–Crippen LogP) is 2.99. The van der Waals surface area contributed by atoms with Crippen molar-refractivity contribution in [2.45, 2.75) is 9.79 Å². The van der Waals surface area contributed by atoms with E-state index in [2.05, 4.69) is 10.0 Å². The first-order valence-corrected chi connectivity index (χ1v) is 12.0. The highest BCUT2D eigenvalue weighted by atomic mass is 32.2. The van der Waals surface area contributed by atoms with E-state index in [0.29, 0.717) is 5.69 Å². The molecule has 0 unspecified atom stereocenters. The summed E-state index contributed by atoms with van der Waals surface area (Å²) in [6, 6.07) is 19.8. The molecule has 0 saturated heterocycles. The summed E-state index contributed by atoms with van der Waals surface area (Å²) in [6.07, 6.45) is 0. The lowest BCUT2D eigenvalue weighted by Gasteiger charge is -2.14. The van der Waals surface area contributed by atoms with Crippen LogP contribution in [0.4, 0.5) is 11.4 Å². The van der Waals surface area contributed by atoms with Crippen molar-refractivity contribution in [2.24, 2.45) is 0 Å². The first kappa shape index (κ1) is 22.5. The predicted molar refractivity (Wildman–Crippen MR) is 119 cm³/mol. The second-order valence-electron chi connectivity index (χ2n) is 6.73. The molecule has 0 radical (unpaired) electrons. The van der Waals surface area contributed by atoms with Crippen molar-refractivity contribution >= 4 is 37.3 Å². The summed E-state index contributed by atoms with van der Waals surface area (Å²) in [5.41, 5.74) is 0.811. The van der Waals surface area contributed by atoms with Crippen LogP contribution < -0.4 is 10.0 Å². The molecule has 0 aromatic heterocycles. The molecule has 2 N–H and O–H groups in total. The molecule has 1 amide bonds. The Morgan fingerprint density at radius 3 is 1.90 bits per heavy atom. The number of carbonyl (C=O) groups is 1. The molecule has 0 atom stereocenters. The van der Waals surface area contributed by atoms with E-state index >= 15 is 0 Å². The van der Waals surface area contributed by atoms with Gasteiger partial charge in [0.1, 0.15) is 0 Å². The van der Waals surface area contributed by atoms with Gasteiger partial charge in [-0.1, -0.05) is 30.3 Å². The van der Waals surface area contributed by atoms with Crippen molar-refractivity contribution in [3.8, 4) is 0 Å². The monoisotopic (exact) mass is 459 g/mol. The molecule has 31 heavy (non-hydrogen) atoms. The van der Waals surface area contributed by atoms with Crippen LogP contribution >= 0.6 is 0 Å². The standard InChI is InChI=1S/C21H21N3O5S2/c1-24(2)31(28,29)18-14-12-17(13-15-18)30(26,27)23-20-11-7-6-10-19(20)21(25)22-16-8-4-3-5-9-16/h3-15,23H,1-2H3,(H,22,25). The topological polar surface area (TPSA) is 113 Å². The van der Waals surface area contributed by atoms with Gasteiger partial charge in [0.05, 0.1) is 21.0 Å². The smallest absolute Gasteiger partial charge is 0.261 e. The van der Waals surface area contributed by atoms with Crippen LogP contribution in [0.2, 0.25) is 0 Å². The van der Waals surface area contributed by atoms with E-state index < -0.39 is 26.0 Å².